The van der Waals surface area contributed by atoms with Crippen LogP contribution >= 0.6 is 22.7 Å². The summed E-state index contributed by atoms with van der Waals surface area (Å²) in [5.41, 5.74) is 1.99. The van der Waals surface area contributed by atoms with Gasteiger partial charge >= 0.3 is 0 Å². The lowest BCUT2D eigenvalue weighted by molar-refractivity contribution is -0.141. The highest BCUT2D eigenvalue weighted by Gasteiger charge is 2.23. The number of carbonyl (C=O) groups excluding carboxylic acids is 2. The molecule has 0 aliphatic heterocycles. The van der Waals surface area contributed by atoms with E-state index in [-0.39, 0.29) is 30.1 Å². The van der Waals surface area contributed by atoms with Gasteiger partial charge in [-0.3, -0.25) is 9.59 Å². The smallest absolute Gasteiger partial charge is 0.242 e. The monoisotopic (exact) mass is 472 g/mol. The summed E-state index contributed by atoms with van der Waals surface area (Å²) in [6.45, 7) is 7.51. The fraction of sp³-hybridized carbons (Fsp3) is 0.360. The van der Waals surface area contributed by atoms with E-state index in [1.807, 2.05) is 49.7 Å². The van der Waals surface area contributed by atoms with E-state index in [9.17, 15) is 14.0 Å². The van der Waals surface area contributed by atoms with E-state index in [0.29, 0.717) is 26.1 Å². The van der Waals surface area contributed by atoms with Crippen LogP contribution in [-0.4, -0.2) is 34.7 Å². The second-order valence-corrected chi connectivity index (χ2v) is 10.4. The molecule has 2 amide bonds. The Hall–Kier alpha value is -2.51. The zero-order valence-electron chi connectivity index (χ0n) is 18.7. The highest BCUT2D eigenvalue weighted by atomic mass is 32.1. The quantitative estimate of drug-likeness (QED) is 0.390. The maximum Gasteiger partial charge on any atom is 0.242 e. The third-order valence-corrected chi connectivity index (χ3v) is 7.00. The molecule has 7 heteroatoms. The first-order valence-corrected chi connectivity index (χ1v) is 12.4. The van der Waals surface area contributed by atoms with Crippen molar-refractivity contribution >= 4 is 34.5 Å². The third kappa shape index (κ3) is 7.00. The van der Waals surface area contributed by atoms with Crippen LogP contribution in [0.4, 0.5) is 4.39 Å². The number of rotatable bonds is 10. The summed E-state index contributed by atoms with van der Waals surface area (Å²) in [6, 6.07) is 12.1. The molecule has 4 nitrogen and oxygen atoms in total. The molecule has 2 heterocycles. The van der Waals surface area contributed by atoms with Crippen LogP contribution in [0.15, 0.2) is 53.2 Å². The van der Waals surface area contributed by atoms with Crippen LogP contribution in [0.25, 0.3) is 0 Å². The van der Waals surface area contributed by atoms with Crippen molar-refractivity contribution in [2.75, 3.05) is 13.1 Å². The van der Waals surface area contributed by atoms with E-state index in [2.05, 4.69) is 0 Å². The summed E-state index contributed by atoms with van der Waals surface area (Å²) in [6.07, 6.45) is 0.305. The summed E-state index contributed by atoms with van der Waals surface area (Å²) >= 11 is 3.16. The molecule has 1 aromatic carbocycles. The fourth-order valence-corrected chi connectivity index (χ4v) is 5.03. The van der Waals surface area contributed by atoms with Crippen LogP contribution in [0.3, 0.4) is 0 Å². The average molecular weight is 473 g/mol. The average Bonchev–Trinajstić information content (AvgIpc) is 3.40. The normalized spacial score (nSPS) is 11.0. The Bertz CT molecular complexity index is 1010. The van der Waals surface area contributed by atoms with Crippen molar-refractivity contribution in [2.24, 2.45) is 5.92 Å². The molecule has 0 aliphatic rings. The highest BCUT2D eigenvalue weighted by molar-refractivity contribution is 7.10. The molecule has 0 aliphatic carbocycles. The summed E-state index contributed by atoms with van der Waals surface area (Å²) in [7, 11) is 0. The number of benzene rings is 1. The van der Waals surface area contributed by atoms with E-state index < -0.39 is 0 Å². The van der Waals surface area contributed by atoms with Crippen LogP contribution in [0.1, 0.15) is 34.7 Å². The molecule has 170 valence electrons. The number of hydrogen-bond donors (Lipinski definition) is 0. The van der Waals surface area contributed by atoms with Gasteiger partial charge in [0.2, 0.25) is 11.8 Å². The number of thiophene rings is 2. The predicted octanol–water partition coefficient (Wildman–Crippen LogP) is 5.51. The van der Waals surface area contributed by atoms with Crippen molar-refractivity contribution in [1.29, 1.82) is 0 Å². The summed E-state index contributed by atoms with van der Waals surface area (Å²) < 4.78 is 13.4. The number of aryl methyl sites for hydroxylation is 1. The lowest BCUT2D eigenvalue weighted by Crippen LogP contribution is -2.44. The van der Waals surface area contributed by atoms with Gasteiger partial charge in [0, 0.05) is 22.8 Å². The SMILES string of the molecule is Cc1ccsc1CN(Cc1ccc(F)cc1)C(=O)CN(CC(C)C)C(=O)Cc1cccs1. The predicted molar refractivity (Wildman–Crippen MR) is 129 cm³/mol. The minimum atomic E-state index is -0.303. The molecule has 0 saturated heterocycles. The van der Waals surface area contributed by atoms with Gasteiger partial charge in [0.25, 0.3) is 0 Å². The van der Waals surface area contributed by atoms with Crippen molar-refractivity contribution in [1.82, 2.24) is 9.80 Å². The van der Waals surface area contributed by atoms with Gasteiger partial charge in [0.05, 0.1) is 19.5 Å². The maximum absolute atomic E-state index is 13.4. The van der Waals surface area contributed by atoms with Crippen molar-refractivity contribution in [2.45, 2.75) is 40.3 Å². The van der Waals surface area contributed by atoms with Crippen LogP contribution in [-0.2, 0) is 29.1 Å². The number of carbonyl (C=O) groups is 2. The molecule has 2 aromatic heterocycles. The van der Waals surface area contributed by atoms with E-state index in [1.165, 1.54) is 12.1 Å². The fourth-order valence-electron chi connectivity index (χ4n) is 3.41. The molecule has 0 radical (unpaired) electrons. The van der Waals surface area contributed by atoms with Gasteiger partial charge in [-0.1, -0.05) is 32.0 Å². The molecular formula is C25H29FN2O2S2. The van der Waals surface area contributed by atoms with Crippen LogP contribution in [0.5, 0.6) is 0 Å². The lowest BCUT2D eigenvalue weighted by Gasteiger charge is -2.29. The van der Waals surface area contributed by atoms with Crippen molar-refractivity contribution in [3.8, 4) is 0 Å². The molecular weight excluding hydrogens is 443 g/mol. The van der Waals surface area contributed by atoms with Crippen LogP contribution < -0.4 is 0 Å². The minimum absolute atomic E-state index is 0.0357. The highest BCUT2D eigenvalue weighted by Crippen LogP contribution is 2.20. The van der Waals surface area contributed by atoms with Gasteiger partial charge in [-0.05, 0) is 59.0 Å². The lowest BCUT2D eigenvalue weighted by atomic mass is 10.1. The Balaban J connectivity index is 1.77. The molecule has 32 heavy (non-hydrogen) atoms. The van der Waals surface area contributed by atoms with Gasteiger partial charge < -0.3 is 9.80 Å². The maximum atomic E-state index is 13.4. The van der Waals surface area contributed by atoms with Gasteiger partial charge in [-0.25, -0.2) is 4.39 Å². The molecule has 0 unspecified atom stereocenters. The Morgan fingerprint density at radius 2 is 1.69 bits per heavy atom. The van der Waals surface area contributed by atoms with Gasteiger partial charge in [-0.2, -0.15) is 0 Å². The second kappa shape index (κ2) is 11.4. The standard InChI is InChI=1S/C25H29FN2O2S2/c1-18(2)14-27(24(29)13-22-5-4-11-31-22)17-25(30)28(16-23-19(3)10-12-32-23)15-20-6-8-21(26)9-7-20/h4-12,18H,13-17H2,1-3H3. The molecule has 0 saturated carbocycles. The zero-order chi connectivity index (χ0) is 23.1. The number of nitrogens with zero attached hydrogens (tertiary/aromatic N) is 2. The Labute approximate surface area is 197 Å². The topological polar surface area (TPSA) is 40.6 Å². The molecule has 0 spiro atoms. The van der Waals surface area contributed by atoms with Gasteiger partial charge in [-0.15, -0.1) is 22.7 Å². The first-order chi connectivity index (χ1) is 15.3. The zero-order valence-corrected chi connectivity index (χ0v) is 20.3. The molecule has 0 bridgehead atoms. The molecule has 0 N–H and O–H groups in total. The van der Waals surface area contributed by atoms with E-state index >= 15 is 0 Å². The Morgan fingerprint density at radius 1 is 0.938 bits per heavy atom. The Kier molecular flexibility index (Phi) is 8.59. The third-order valence-electron chi connectivity index (χ3n) is 5.11. The number of hydrogen-bond acceptors (Lipinski definition) is 4. The first kappa shape index (κ1) is 24.1. The number of amides is 2. The molecule has 0 fully saturated rings. The van der Waals surface area contributed by atoms with Gasteiger partial charge in [0.15, 0.2) is 0 Å². The summed E-state index contributed by atoms with van der Waals surface area (Å²) in [5.74, 6) is -0.200. The van der Waals surface area contributed by atoms with Crippen LogP contribution in [0, 0.1) is 18.7 Å². The molecule has 3 rings (SSSR count). The first-order valence-electron chi connectivity index (χ1n) is 10.7. The molecule has 0 atom stereocenters. The van der Waals surface area contributed by atoms with Crippen molar-refractivity contribution < 1.29 is 14.0 Å². The Morgan fingerprint density at radius 3 is 2.28 bits per heavy atom. The number of halogens is 1. The van der Waals surface area contributed by atoms with Crippen LogP contribution in [0.2, 0.25) is 0 Å². The van der Waals surface area contributed by atoms with E-state index in [4.69, 9.17) is 0 Å². The minimum Gasteiger partial charge on any atom is -0.333 e. The summed E-state index contributed by atoms with van der Waals surface area (Å²) in [4.78, 5) is 31.9. The van der Waals surface area contributed by atoms with Gasteiger partial charge in [0.1, 0.15) is 5.82 Å². The largest absolute Gasteiger partial charge is 0.333 e. The van der Waals surface area contributed by atoms with E-state index in [0.717, 1.165) is 20.9 Å². The molecule has 3 aromatic rings. The second-order valence-electron chi connectivity index (χ2n) is 8.33. The van der Waals surface area contributed by atoms with E-state index in [1.54, 1.807) is 44.6 Å². The van der Waals surface area contributed by atoms with Crippen molar-refractivity contribution in [3.05, 3.63) is 79.9 Å². The van der Waals surface area contributed by atoms with Crippen molar-refractivity contribution in [3.63, 3.8) is 0 Å². The summed E-state index contributed by atoms with van der Waals surface area (Å²) in [5, 5.41) is 3.97.